The summed E-state index contributed by atoms with van der Waals surface area (Å²) in [5, 5.41) is 14.3. The molecule has 2 aromatic carbocycles. The van der Waals surface area contributed by atoms with Gasteiger partial charge in [0, 0.05) is 29.1 Å². The maximum absolute atomic E-state index is 14.0. The topological polar surface area (TPSA) is 81.5 Å². The minimum Gasteiger partial charge on any atom is -0.462 e. The molecule has 0 saturated heterocycles. The highest BCUT2D eigenvalue weighted by Crippen LogP contribution is 2.42. The number of carbonyl (C=O) groups is 1. The number of nitro benzene ring substituents is 1. The molecular weight excluding hydrogens is 426 g/mol. The summed E-state index contributed by atoms with van der Waals surface area (Å²) < 4.78 is 33.3. The summed E-state index contributed by atoms with van der Waals surface area (Å²) >= 11 is 1.24. The van der Waals surface area contributed by atoms with Gasteiger partial charge in [-0.05, 0) is 48.7 Å². The average Bonchev–Trinajstić information content (AvgIpc) is 3.12. The number of benzene rings is 2. The number of thiophene rings is 1. The van der Waals surface area contributed by atoms with E-state index in [1.807, 2.05) is 6.92 Å². The van der Waals surface area contributed by atoms with Gasteiger partial charge >= 0.3 is 5.97 Å². The van der Waals surface area contributed by atoms with Crippen LogP contribution in [0.2, 0.25) is 0 Å². The Balaban J connectivity index is 2.04. The van der Waals surface area contributed by atoms with Crippen LogP contribution in [0.5, 0.6) is 0 Å². The molecule has 0 amide bonds. The van der Waals surface area contributed by atoms with Gasteiger partial charge in [-0.2, -0.15) is 0 Å². The number of ether oxygens (including phenoxy) is 1. The van der Waals surface area contributed by atoms with Crippen molar-refractivity contribution < 1.29 is 23.2 Å². The maximum atomic E-state index is 14.0. The number of hydrogen-bond acceptors (Lipinski definition) is 6. The van der Waals surface area contributed by atoms with Crippen LogP contribution in [0.3, 0.4) is 0 Å². The highest BCUT2D eigenvalue weighted by molar-refractivity contribution is 7.20. The summed E-state index contributed by atoms with van der Waals surface area (Å²) in [4.78, 5) is 23.9. The Morgan fingerprint density at radius 1 is 1.10 bits per heavy atom. The Kier molecular flexibility index (Phi) is 6.96. The molecule has 6 nitrogen and oxygen atoms in total. The van der Waals surface area contributed by atoms with E-state index in [9.17, 15) is 23.7 Å². The second kappa shape index (κ2) is 9.65. The van der Waals surface area contributed by atoms with E-state index in [4.69, 9.17) is 4.74 Å². The van der Waals surface area contributed by atoms with Crippen LogP contribution in [-0.2, 0) is 17.7 Å². The van der Waals surface area contributed by atoms with Crippen molar-refractivity contribution in [3.63, 3.8) is 0 Å². The molecule has 0 atom stereocenters. The van der Waals surface area contributed by atoms with Crippen LogP contribution < -0.4 is 5.32 Å². The summed E-state index contributed by atoms with van der Waals surface area (Å²) in [6.45, 7) is 3.58. The smallest absolute Gasteiger partial charge is 0.341 e. The Morgan fingerprint density at radius 3 is 2.29 bits per heavy atom. The molecule has 0 aliphatic rings. The second-order valence-electron chi connectivity index (χ2n) is 6.55. The van der Waals surface area contributed by atoms with Gasteiger partial charge in [-0.15, -0.1) is 11.3 Å². The molecule has 1 aromatic heterocycles. The van der Waals surface area contributed by atoms with Gasteiger partial charge in [-0.3, -0.25) is 10.1 Å². The number of anilines is 1. The van der Waals surface area contributed by atoms with E-state index in [2.05, 4.69) is 5.32 Å². The molecular formula is C22H20F2N2O4S. The zero-order valence-corrected chi connectivity index (χ0v) is 17.7. The van der Waals surface area contributed by atoms with Gasteiger partial charge in [-0.1, -0.05) is 13.0 Å². The van der Waals surface area contributed by atoms with Crippen LogP contribution in [0.15, 0.2) is 42.5 Å². The fourth-order valence-electron chi connectivity index (χ4n) is 3.18. The van der Waals surface area contributed by atoms with Gasteiger partial charge in [0.15, 0.2) is 0 Å². The van der Waals surface area contributed by atoms with E-state index >= 15 is 0 Å². The van der Waals surface area contributed by atoms with Crippen molar-refractivity contribution in [2.24, 2.45) is 0 Å². The van der Waals surface area contributed by atoms with Crippen LogP contribution in [0, 0.1) is 21.7 Å². The third-order valence-corrected chi connectivity index (χ3v) is 5.91. The average molecular weight is 446 g/mol. The first-order valence-corrected chi connectivity index (χ1v) is 10.4. The van der Waals surface area contributed by atoms with E-state index in [0.29, 0.717) is 28.1 Å². The molecule has 0 saturated carbocycles. The van der Waals surface area contributed by atoms with E-state index in [1.165, 1.54) is 41.7 Å². The monoisotopic (exact) mass is 446 g/mol. The standard InChI is InChI=1S/C22H20F2N2O4S/c1-3-15-19(22(27)30-4-2)21(25-12-16-17(23)6-5-7-18(16)24)31-20(15)13-8-10-14(11-9-13)26(28)29/h5-11,25H,3-4,12H2,1-2H3. The van der Waals surface area contributed by atoms with Crippen LogP contribution >= 0.6 is 11.3 Å². The van der Waals surface area contributed by atoms with Crippen LogP contribution in [0.4, 0.5) is 19.5 Å². The highest BCUT2D eigenvalue weighted by Gasteiger charge is 2.25. The summed E-state index contributed by atoms with van der Waals surface area (Å²) in [6.07, 6.45) is 0.493. The van der Waals surface area contributed by atoms with Gasteiger partial charge < -0.3 is 10.1 Å². The molecule has 3 rings (SSSR count). The summed E-state index contributed by atoms with van der Waals surface area (Å²) in [5.41, 5.74) is 1.52. The van der Waals surface area contributed by atoms with E-state index < -0.39 is 22.5 Å². The lowest BCUT2D eigenvalue weighted by Crippen LogP contribution is -2.11. The molecule has 31 heavy (non-hydrogen) atoms. The minimum absolute atomic E-state index is 0.0441. The molecule has 3 aromatic rings. The lowest BCUT2D eigenvalue weighted by atomic mass is 10.0. The molecule has 0 fully saturated rings. The largest absolute Gasteiger partial charge is 0.462 e. The fraction of sp³-hybridized carbons (Fsp3) is 0.227. The van der Waals surface area contributed by atoms with Crippen molar-refractivity contribution >= 4 is 28.0 Å². The number of halogens is 2. The number of nitrogens with one attached hydrogen (secondary N) is 1. The molecule has 0 unspecified atom stereocenters. The van der Waals surface area contributed by atoms with Crippen molar-refractivity contribution in [1.82, 2.24) is 0 Å². The fourth-order valence-corrected chi connectivity index (χ4v) is 4.46. The van der Waals surface area contributed by atoms with Gasteiger partial charge in [0.2, 0.25) is 0 Å². The Hall–Kier alpha value is -3.33. The van der Waals surface area contributed by atoms with E-state index in [-0.39, 0.29) is 24.4 Å². The molecule has 9 heteroatoms. The van der Waals surface area contributed by atoms with E-state index in [0.717, 1.165) is 4.88 Å². The molecule has 0 aliphatic heterocycles. The molecule has 0 bridgehead atoms. The normalized spacial score (nSPS) is 10.7. The minimum atomic E-state index is -0.687. The first-order chi connectivity index (χ1) is 14.9. The molecule has 162 valence electrons. The lowest BCUT2D eigenvalue weighted by molar-refractivity contribution is -0.384. The van der Waals surface area contributed by atoms with Crippen LogP contribution in [0.25, 0.3) is 10.4 Å². The molecule has 1 N–H and O–H groups in total. The molecule has 1 heterocycles. The van der Waals surface area contributed by atoms with Crippen molar-refractivity contribution in [3.05, 3.63) is 80.9 Å². The number of rotatable bonds is 8. The number of carbonyl (C=O) groups excluding carboxylic acids is 1. The number of hydrogen-bond donors (Lipinski definition) is 1. The zero-order valence-electron chi connectivity index (χ0n) is 16.9. The Bertz CT molecular complexity index is 1090. The number of nitrogens with zero attached hydrogens (tertiary/aromatic N) is 1. The molecule has 0 spiro atoms. The molecule has 0 radical (unpaired) electrons. The van der Waals surface area contributed by atoms with Gasteiger partial charge in [0.05, 0.1) is 17.1 Å². The summed E-state index contributed by atoms with van der Waals surface area (Å²) in [6, 6.07) is 9.61. The van der Waals surface area contributed by atoms with Gasteiger partial charge in [-0.25, -0.2) is 13.6 Å². The van der Waals surface area contributed by atoms with Crippen molar-refractivity contribution in [2.75, 3.05) is 11.9 Å². The SMILES string of the molecule is CCOC(=O)c1c(NCc2c(F)cccc2F)sc(-c2ccc([N+](=O)[O-])cc2)c1CC. The highest BCUT2D eigenvalue weighted by atomic mass is 32.1. The lowest BCUT2D eigenvalue weighted by Gasteiger charge is -2.10. The van der Waals surface area contributed by atoms with Gasteiger partial charge in [0.25, 0.3) is 5.69 Å². The second-order valence-corrected chi connectivity index (χ2v) is 7.57. The number of non-ortho nitro benzene ring substituents is 1. The predicted molar refractivity (Wildman–Crippen MR) is 115 cm³/mol. The third-order valence-electron chi connectivity index (χ3n) is 4.67. The quantitative estimate of drug-likeness (QED) is 0.263. The number of esters is 1. The summed E-state index contributed by atoms with van der Waals surface area (Å²) in [5.74, 6) is -1.92. The first kappa shape index (κ1) is 22.4. The predicted octanol–water partition coefficient (Wildman–Crippen LogP) is 5.95. The third kappa shape index (κ3) is 4.72. The first-order valence-electron chi connectivity index (χ1n) is 9.61. The van der Waals surface area contributed by atoms with Crippen molar-refractivity contribution in [2.45, 2.75) is 26.8 Å². The van der Waals surface area contributed by atoms with Crippen LogP contribution in [-0.4, -0.2) is 17.5 Å². The molecule has 0 aliphatic carbocycles. The summed E-state index contributed by atoms with van der Waals surface area (Å²) in [7, 11) is 0. The van der Waals surface area contributed by atoms with Crippen molar-refractivity contribution in [1.29, 1.82) is 0 Å². The van der Waals surface area contributed by atoms with Crippen molar-refractivity contribution in [3.8, 4) is 10.4 Å². The maximum Gasteiger partial charge on any atom is 0.341 e. The van der Waals surface area contributed by atoms with E-state index in [1.54, 1.807) is 19.1 Å². The zero-order chi connectivity index (χ0) is 22.5. The number of nitro groups is 1. The van der Waals surface area contributed by atoms with Gasteiger partial charge in [0.1, 0.15) is 16.6 Å². The Labute approximate surface area is 181 Å². The Morgan fingerprint density at radius 2 is 1.74 bits per heavy atom. The van der Waals surface area contributed by atoms with Crippen LogP contribution in [0.1, 0.15) is 35.3 Å².